The van der Waals surface area contributed by atoms with Crippen molar-refractivity contribution >= 4 is 21.6 Å². The minimum absolute atomic E-state index is 0.167. The summed E-state index contributed by atoms with van der Waals surface area (Å²) in [5, 5.41) is 3.04. The Hall–Kier alpha value is -2.42. The van der Waals surface area contributed by atoms with E-state index in [4.69, 9.17) is 4.74 Å². The Kier molecular flexibility index (Phi) is 8.06. The predicted molar refractivity (Wildman–Crippen MR) is 122 cm³/mol. The molecule has 1 fully saturated rings. The molecule has 2 N–H and O–H groups in total. The second-order valence-corrected chi connectivity index (χ2v) is 9.82. The van der Waals surface area contributed by atoms with Gasteiger partial charge >= 0.3 is 0 Å². The maximum absolute atomic E-state index is 12.6. The van der Waals surface area contributed by atoms with E-state index < -0.39 is 10.0 Å². The van der Waals surface area contributed by atoms with Gasteiger partial charge in [-0.25, -0.2) is 8.42 Å². The molecule has 7 nitrogen and oxygen atoms in total. The first kappa shape index (κ1) is 23.2. The lowest BCUT2D eigenvalue weighted by Crippen LogP contribution is -2.49. The number of carbonyl (C=O) groups excluding carboxylic acids is 1. The number of rotatable bonds is 9. The summed E-state index contributed by atoms with van der Waals surface area (Å²) in [5.74, 6) is 0.362. The minimum Gasteiger partial charge on any atom is -0.379 e. The Morgan fingerprint density at radius 1 is 1.03 bits per heavy atom. The molecule has 0 spiro atoms. The molecular weight excluding hydrogens is 414 g/mol. The number of benzene rings is 2. The SMILES string of the molecule is CC(C)CC(CNC(=O)c1ccc(NS(=O)(=O)c2ccccc2)cc1)N1CCOCC1. The second kappa shape index (κ2) is 10.7. The number of sulfonamides is 1. The molecule has 2 aromatic rings. The first-order valence-corrected chi connectivity index (χ1v) is 12.1. The van der Waals surface area contributed by atoms with Crippen molar-refractivity contribution in [3.05, 3.63) is 60.2 Å². The van der Waals surface area contributed by atoms with E-state index in [1.54, 1.807) is 42.5 Å². The summed E-state index contributed by atoms with van der Waals surface area (Å²) in [5.41, 5.74) is 0.902. The van der Waals surface area contributed by atoms with Crippen LogP contribution in [0.25, 0.3) is 0 Å². The highest BCUT2D eigenvalue weighted by Crippen LogP contribution is 2.17. The molecule has 1 atom stereocenters. The monoisotopic (exact) mass is 445 g/mol. The van der Waals surface area contributed by atoms with Crippen LogP contribution in [-0.2, 0) is 14.8 Å². The second-order valence-electron chi connectivity index (χ2n) is 8.14. The molecule has 0 aliphatic carbocycles. The molecule has 168 valence electrons. The van der Waals surface area contributed by atoms with Gasteiger partial charge in [0.15, 0.2) is 0 Å². The van der Waals surface area contributed by atoms with Gasteiger partial charge in [-0.05, 0) is 48.7 Å². The Bertz CT molecular complexity index is 941. The summed E-state index contributed by atoms with van der Waals surface area (Å²) in [4.78, 5) is 15.2. The maximum atomic E-state index is 12.6. The zero-order valence-electron chi connectivity index (χ0n) is 18.1. The van der Waals surface area contributed by atoms with E-state index in [9.17, 15) is 13.2 Å². The van der Waals surface area contributed by atoms with E-state index >= 15 is 0 Å². The Morgan fingerprint density at radius 2 is 1.68 bits per heavy atom. The fraction of sp³-hybridized carbons (Fsp3) is 0.435. The van der Waals surface area contributed by atoms with Gasteiger partial charge in [0.05, 0.1) is 18.1 Å². The van der Waals surface area contributed by atoms with Crippen molar-refractivity contribution in [1.82, 2.24) is 10.2 Å². The topological polar surface area (TPSA) is 87.7 Å². The number of ether oxygens (including phenoxy) is 1. The lowest BCUT2D eigenvalue weighted by atomic mass is 10.0. The highest BCUT2D eigenvalue weighted by Gasteiger charge is 2.22. The summed E-state index contributed by atoms with van der Waals surface area (Å²) < 4.78 is 32.8. The van der Waals surface area contributed by atoms with Gasteiger partial charge in [0.1, 0.15) is 0 Å². The molecule has 1 unspecified atom stereocenters. The van der Waals surface area contributed by atoms with Gasteiger partial charge in [-0.2, -0.15) is 0 Å². The summed E-state index contributed by atoms with van der Waals surface area (Å²) >= 11 is 0. The molecule has 1 amide bonds. The number of carbonyl (C=O) groups is 1. The molecule has 0 bridgehead atoms. The minimum atomic E-state index is -3.66. The van der Waals surface area contributed by atoms with E-state index in [0.29, 0.717) is 23.7 Å². The number of morpholine rings is 1. The van der Waals surface area contributed by atoms with E-state index in [1.807, 2.05) is 0 Å². The van der Waals surface area contributed by atoms with E-state index in [-0.39, 0.29) is 16.8 Å². The Balaban J connectivity index is 1.59. The van der Waals surface area contributed by atoms with Crippen molar-refractivity contribution in [3.63, 3.8) is 0 Å². The third-order valence-corrected chi connectivity index (χ3v) is 6.65. The largest absolute Gasteiger partial charge is 0.379 e. The van der Waals surface area contributed by atoms with Crippen LogP contribution in [0.5, 0.6) is 0 Å². The molecule has 0 saturated carbocycles. The van der Waals surface area contributed by atoms with Crippen molar-refractivity contribution in [1.29, 1.82) is 0 Å². The fourth-order valence-electron chi connectivity index (χ4n) is 3.66. The van der Waals surface area contributed by atoms with E-state index in [2.05, 4.69) is 28.8 Å². The number of hydrogen-bond acceptors (Lipinski definition) is 5. The summed E-state index contributed by atoms with van der Waals surface area (Å²) in [6.45, 7) is 8.15. The number of nitrogens with one attached hydrogen (secondary N) is 2. The van der Waals surface area contributed by atoms with Gasteiger partial charge in [0.2, 0.25) is 0 Å². The molecule has 31 heavy (non-hydrogen) atoms. The zero-order chi connectivity index (χ0) is 22.3. The van der Waals surface area contributed by atoms with Gasteiger partial charge in [0, 0.05) is 36.9 Å². The maximum Gasteiger partial charge on any atom is 0.261 e. The van der Waals surface area contributed by atoms with Crippen LogP contribution in [0.1, 0.15) is 30.6 Å². The normalized spacial score (nSPS) is 16.1. The quantitative estimate of drug-likeness (QED) is 0.620. The van der Waals surface area contributed by atoms with Gasteiger partial charge in [-0.15, -0.1) is 0 Å². The van der Waals surface area contributed by atoms with Gasteiger partial charge in [-0.3, -0.25) is 14.4 Å². The van der Waals surface area contributed by atoms with Crippen molar-refractivity contribution in [3.8, 4) is 0 Å². The molecular formula is C23H31N3O4S. The van der Waals surface area contributed by atoms with Crippen molar-refractivity contribution < 1.29 is 17.9 Å². The van der Waals surface area contributed by atoms with E-state index in [1.165, 1.54) is 12.1 Å². The lowest BCUT2D eigenvalue weighted by Gasteiger charge is -2.35. The van der Waals surface area contributed by atoms with Crippen LogP contribution in [0.2, 0.25) is 0 Å². The van der Waals surface area contributed by atoms with Crippen LogP contribution in [0.3, 0.4) is 0 Å². The third-order valence-electron chi connectivity index (χ3n) is 5.26. The van der Waals surface area contributed by atoms with Crippen molar-refractivity contribution in [2.75, 3.05) is 37.6 Å². The Labute approximate surface area is 184 Å². The van der Waals surface area contributed by atoms with Gasteiger partial charge in [-0.1, -0.05) is 32.0 Å². The van der Waals surface area contributed by atoms with Gasteiger partial charge in [0.25, 0.3) is 15.9 Å². The van der Waals surface area contributed by atoms with Crippen LogP contribution in [0.15, 0.2) is 59.5 Å². The first-order valence-electron chi connectivity index (χ1n) is 10.6. The summed E-state index contributed by atoms with van der Waals surface area (Å²) in [6.07, 6.45) is 1.00. The molecule has 0 radical (unpaired) electrons. The van der Waals surface area contributed by atoms with Crippen molar-refractivity contribution in [2.24, 2.45) is 5.92 Å². The molecule has 8 heteroatoms. The number of amides is 1. The van der Waals surface area contributed by atoms with Crippen LogP contribution in [0.4, 0.5) is 5.69 Å². The first-order chi connectivity index (χ1) is 14.8. The van der Waals surface area contributed by atoms with Crippen LogP contribution in [-0.4, -0.2) is 58.1 Å². The predicted octanol–water partition coefficient (Wildman–Crippen LogP) is 2.96. The van der Waals surface area contributed by atoms with Crippen LogP contribution < -0.4 is 10.0 Å². The molecule has 0 aromatic heterocycles. The fourth-order valence-corrected chi connectivity index (χ4v) is 4.74. The molecule has 1 aliphatic rings. The molecule has 3 rings (SSSR count). The average molecular weight is 446 g/mol. The molecule has 1 saturated heterocycles. The average Bonchev–Trinajstić information content (AvgIpc) is 2.77. The smallest absolute Gasteiger partial charge is 0.261 e. The molecule has 1 heterocycles. The standard InChI is InChI=1S/C23H31N3O4S/c1-18(2)16-21(26-12-14-30-15-13-26)17-24-23(27)19-8-10-20(11-9-19)25-31(28,29)22-6-4-3-5-7-22/h3-11,18,21,25H,12-17H2,1-2H3,(H,24,27). The number of hydrogen-bond donors (Lipinski definition) is 2. The van der Waals surface area contributed by atoms with Crippen LogP contribution >= 0.6 is 0 Å². The number of nitrogens with zero attached hydrogens (tertiary/aromatic N) is 1. The molecule has 2 aromatic carbocycles. The zero-order valence-corrected chi connectivity index (χ0v) is 18.9. The Morgan fingerprint density at radius 3 is 2.29 bits per heavy atom. The van der Waals surface area contributed by atoms with E-state index in [0.717, 1.165) is 32.7 Å². The van der Waals surface area contributed by atoms with Crippen molar-refractivity contribution in [2.45, 2.75) is 31.2 Å². The molecule has 1 aliphatic heterocycles. The highest BCUT2D eigenvalue weighted by atomic mass is 32.2. The lowest BCUT2D eigenvalue weighted by molar-refractivity contribution is 0.0124. The highest BCUT2D eigenvalue weighted by molar-refractivity contribution is 7.92. The van der Waals surface area contributed by atoms with Gasteiger partial charge < -0.3 is 10.1 Å². The summed E-state index contributed by atoms with van der Waals surface area (Å²) in [6, 6.07) is 14.9. The number of anilines is 1. The third kappa shape index (κ3) is 6.78. The van der Waals surface area contributed by atoms with Crippen LogP contribution in [0, 0.1) is 5.92 Å². The summed E-state index contributed by atoms with van der Waals surface area (Å²) in [7, 11) is -3.66.